The highest BCUT2D eigenvalue weighted by atomic mass is 16.5. The first-order valence-corrected chi connectivity index (χ1v) is 33.5. The van der Waals surface area contributed by atoms with Crippen molar-refractivity contribution in [1.29, 1.82) is 0 Å². The number of carbonyl (C=O) groups is 9. The number of ether oxygens (including phenoxy) is 6. The SMILES string of the molecule is [2H]C([2H])(c1ccc(COc2cccc3c2CN(C2CCC(=O)NC2=O)C3=O)cc1)N1CCOCC1.[2H]C([2H])(c1ccc(COc2cccc3c2CN([C@@H]2CCC(=O)NC2=O)C3=O)cc1)N1CCOCC1.[2H]C([2H])(c1ccc(COc2cccc3c2CN([C@H]2CCC(=O)NC2=O)C3=O)cc1)N1CCOCC1. The van der Waals surface area contributed by atoms with Crippen LogP contribution in [0.5, 0.6) is 17.2 Å². The highest BCUT2D eigenvalue weighted by Crippen LogP contribution is 2.37. The molecule has 0 spiro atoms. The van der Waals surface area contributed by atoms with Crippen LogP contribution in [0.2, 0.25) is 0 Å². The second kappa shape index (κ2) is 31.4. The molecule has 3 atom stereocenters. The van der Waals surface area contributed by atoms with Gasteiger partial charge in [-0.3, -0.25) is 73.8 Å². The summed E-state index contributed by atoms with van der Waals surface area (Å²) in [6, 6.07) is 35.5. The van der Waals surface area contributed by atoms with Crippen LogP contribution in [0.15, 0.2) is 127 Å². The molecule has 0 radical (unpaired) electrons. The van der Waals surface area contributed by atoms with Crippen molar-refractivity contribution in [3.8, 4) is 17.2 Å². The van der Waals surface area contributed by atoms with E-state index in [4.69, 9.17) is 36.6 Å². The van der Waals surface area contributed by atoms with E-state index in [1.54, 1.807) is 106 Å². The van der Waals surface area contributed by atoms with E-state index in [0.717, 1.165) is 33.4 Å². The second-order valence-corrected chi connectivity index (χ2v) is 25.1. The molecule has 99 heavy (non-hydrogen) atoms. The monoisotopic (exact) mass is 1350 g/mol. The first-order chi connectivity index (χ1) is 50.5. The van der Waals surface area contributed by atoms with Gasteiger partial charge in [0.2, 0.25) is 35.4 Å². The largest absolute Gasteiger partial charge is 0.489 e. The predicted octanol–water partition coefficient (Wildman–Crippen LogP) is 5.58. The van der Waals surface area contributed by atoms with Crippen molar-refractivity contribution in [2.45, 2.75) is 116 Å². The van der Waals surface area contributed by atoms with E-state index in [-0.39, 0.29) is 94.2 Å². The third-order valence-corrected chi connectivity index (χ3v) is 18.6. The van der Waals surface area contributed by atoms with E-state index in [9.17, 15) is 43.2 Å². The van der Waals surface area contributed by atoms with Gasteiger partial charge in [-0.2, -0.15) is 0 Å². The zero-order valence-electron chi connectivity index (χ0n) is 60.6. The zero-order chi connectivity index (χ0) is 73.7. The number of piperidine rings is 3. The van der Waals surface area contributed by atoms with Gasteiger partial charge in [-0.1, -0.05) is 91.0 Å². The molecule has 9 aliphatic heterocycles. The molecule has 6 fully saturated rings. The lowest BCUT2D eigenvalue weighted by atomic mass is 10.0. The summed E-state index contributed by atoms with van der Waals surface area (Å²) < 4.78 is 85.3. The summed E-state index contributed by atoms with van der Waals surface area (Å²) in [6.45, 7) is 3.19. The van der Waals surface area contributed by atoms with E-state index in [1.165, 1.54) is 14.7 Å². The lowest BCUT2D eigenvalue weighted by Gasteiger charge is -2.29. The summed E-state index contributed by atoms with van der Waals surface area (Å²) in [4.78, 5) is 120. The van der Waals surface area contributed by atoms with Crippen molar-refractivity contribution in [1.82, 2.24) is 45.3 Å². The normalized spacial score (nSPS) is 22.5. The second-order valence-electron chi connectivity index (χ2n) is 25.1. The minimum Gasteiger partial charge on any atom is -0.489 e. The molecular formula is C75H81N9O15. The van der Waals surface area contributed by atoms with Gasteiger partial charge in [0.05, 0.1) is 59.3 Å². The van der Waals surface area contributed by atoms with Crippen molar-refractivity contribution in [3.63, 3.8) is 0 Å². The smallest absolute Gasteiger partial charge is 0.255 e. The molecule has 9 amide bonds. The van der Waals surface area contributed by atoms with Crippen LogP contribution in [0, 0.1) is 0 Å². The molecule has 24 nitrogen and oxygen atoms in total. The molecule has 0 bridgehead atoms. The molecule has 0 aromatic heterocycles. The molecule has 9 heterocycles. The minimum absolute atomic E-state index is 0.208. The van der Waals surface area contributed by atoms with Crippen molar-refractivity contribution in [2.24, 2.45) is 0 Å². The minimum atomic E-state index is -1.58. The fourth-order valence-electron chi connectivity index (χ4n) is 13.2. The Balaban J connectivity index is 0.000000140. The van der Waals surface area contributed by atoms with Crippen LogP contribution in [-0.4, -0.2) is 180 Å². The number of fused-ring (bicyclic) bond motifs is 3. The predicted molar refractivity (Wildman–Crippen MR) is 358 cm³/mol. The molecule has 0 saturated carbocycles. The average molecular weight is 1350 g/mol. The van der Waals surface area contributed by atoms with E-state index >= 15 is 0 Å². The first kappa shape index (κ1) is 60.5. The van der Waals surface area contributed by atoms with Crippen LogP contribution in [0.25, 0.3) is 0 Å². The molecule has 6 saturated heterocycles. The van der Waals surface area contributed by atoms with E-state index in [2.05, 4.69) is 16.0 Å². The van der Waals surface area contributed by atoms with Gasteiger partial charge in [0, 0.05) is 120 Å². The van der Waals surface area contributed by atoms with Crippen molar-refractivity contribution in [3.05, 3.63) is 194 Å². The number of hydrogen-bond donors (Lipinski definition) is 3. The highest BCUT2D eigenvalue weighted by molar-refractivity contribution is 6.08. The first-order valence-electron chi connectivity index (χ1n) is 36.5. The van der Waals surface area contributed by atoms with Gasteiger partial charge >= 0.3 is 0 Å². The van der Waals surface area contributed by atoms with Crippen molar-refractivity contribution in [2.75, 3.05) is 78.9 Å². The number of nitrogens with one attached hydrogen (secondary N) is 3. The van der Waals surface area contributed by atoms with Crippen LogP contribution >= 0.6 is 0 Å². The number of imide groups is 3. The van der Waals surface area contributed by atoms with Crippen molar-refractivity contribution >= 4 is 53.2 Å². The summed E-state index contributed by atoms with van der Waals surface area (Å²) in [7, 11) is 0. The Hall–Kier alpha value is -9.69. The molecule has 6 aromatic carbocycles. The zero-order valence-corrected chi connectivity index (χ0v) is 54.6. The molecule has 6 aromatic rings. The van der Waals surface area contributed by atoms with Crippen molar-refractivity contribution < 1.29 is 79.8 Å². The molecular weight excluding hydrogens is 1270 g/mol. The lowest BCUT2D eigenvalue weighted by molar-refractivity contribution is -0.138. The average Bonchev–Trinajstić information content (AvgIpc) is 1.63. The van der Waals surface area contributed by atoms with Gasteiger partial charge in [-0.05, 0) is 89.0 Å². The summed E-state index contributed by atoms with van der Waals surface area (Å²) in [5.41, 5.74) is 8.02. The Morgan fingerprint density at radius 1 is 0.354 bits per heavy atom. The van der Waals surface area contributed by atoms with E-state index in [0.29, 0.717) is 149 Å². The third-order valence-electron chi connectivity index (χ3n) is 18.6. The van der Waals surface area contributed by atoms with E-state index < -0.39 is 55.3 Å². The standard InChI is InChI=1S/3C25H27N3O5/c3*29-23-9-8-21(24(30)26-23)28-15-20-19(25(28)31)2-1-3-22(20)33-16-18-6-4-17(5-7-18)14-27-10-12-32-13-11-27/h3*1-7,21H,8-16H2,(H,26,29,30)/t2*21-;/m10./s1/i3*14D2. The van der Waals surface area contributed by atoms with Crippen LogP contribution in [0.4, 0.5) is 0 Å². The fraction of sp³-hybridized carbons (Fsp3) is 0.400. The molecule has 3 N–H and O–H groups in total. The van der Waals surface area contributed by atoms with Crippen LogP contribution in [0.3, 0.4) is 0 Å². The Morgan fingerprint density at radius 2 is 0.606 bits per heavy atom. The highest BCUT2D eigenvalue weighted by Gasteiger charge is 2.43. The number of benzene rings is 6. The Bertz CT molecular complexity index is 3880. The molecule has 24 heteroatoms. The van der Waals surface area contributed by atoms with Crippen LogP contribution in [0.1, 0.15) is 128 Å². The molecule has 9 aliphatic rings. The summed E-state index contributed by atoms with van der Waals surface area (Å²) in [6.07, 6.45) is 1.55. The summed E-state index contributed by atoms with van der Waals surface area (Å²) >= 11 is 0. The number of morpholine rings is 3. The molecule has 0 aliphatic carbocycles. The Morgan fingerprint density at radius 3 is 0.859 bits per heavy atom. The quantitative estimate of drug-likeness (QED) is 0.0887. The summed E-state index contributed by atoms with van der Waals surface area (Å²) in [5, 5.41) is 6.94. The summed E-state index contributed by atoms with van der Waals surface area (Å²) in [5.74, 6) is -1.30. The fourth-order valence-corrected chi connectivity index (χ4v) is 13.2. The number of carbonyl (C=O) groups excluding carboxylic acids is 9. The Kier molecular flexibility index (Phi) is 19.2. The number of hydrogen-bond acceptors (Lipinski definition) is 18. The Labute approximate surface area is 582 Å². The van der Waals surface area contributed by atoms with Gasteiger partial charge in [0.15, 0.2) is 0 Å². The maximum atomic E-state index is 13.0. The maximum absolute atomic E-state index is 13.0. The van der Waals surface area contributed by atoms with Crippen LogP contribution < -0.4 is 30.2 Å². The third kappa shape index (κ3) is 16.4. The number of nitrogens with zero attached hydrogens (tertiary/aromatic N) is 6. The van der Waals surface area contributed by atoms with E-state index in [1.807, 2.05) is 36.4 Å². The van der Waals surface area contributed by atoms with Gasteiger partial charge in [0.1, 0.15) is 55.2 Å². The van der Waals surface area contributed by atoms with Crippen LogP contribution in [-0.2, 0) is 102 Å². The van der Waals surface area contributed by atoms with Gasteiger partial charge in [0.25, 0.3) is 17.7 Å². The molecule has 516 valence electrons. The maximum Gasteiger partial charge on any atom is 0.255 e. The molecule has 15 rings (SSSR count). The van der Waals surface area contributed by atoms with Gasteiger partial charge in [-0.25, -0.2) is 0 Å². The van der Waals surface area contributed by atoms with Gasteiger partial charge < -0.3 is 43.1 Å². The number of amides is 9. The molecule has 1 unspecified atom stereocenters. The topological polar surface area (TPSA) is 265 Å². The number of rotatable bonds is 18. The van der Waals surface area contributed by atoms with Gasteiger partial charge in [-0.15, -0.1) is 0 Å². The lowest BCUT2D eigenvalue weighted by Crippen LogP contribution is -2.52.